The summed E-state index contributed by atoms with van der Waals surface area (Å²) < 4.78 is 34.2. The molecule has 0 saturated heterocycles. The molecule has 0 radical (unpaired) electrons. The Hall–Kier alpha value is -2.29. The van der Waals surface area contributed by atoms with E-state index < -0.39 is 11.8 Å². The molecule has 0 spiro atoms. The fourth-order valence-electron chi connectivity index (χ4n) is 3.47. The highest BCUT2D eigenvalue weighted by Crippen LogP contribution is 2.46. The van der Waals surface area contributed by atoms with Crippen molar-refractivity contribution in [2.45, 2.75) is 24.8 Å². The minimum atomic E-state index is -1.11. The van der Waals surface area contributed by atoms with Gasteiger partial charge in [0, 0.05) is 13.0 Å². The summed E-state index contributed by atoms with van der Waals surface area (Å²) in [6.07, 6.45) is -0.975. The van der Waals surface area contributed by atoms with Crippen LogP contribution >= 0.6 is 0 Å². The monoisotopic (exact) mass is 342 g/mol. The number of nitriles is 1. The maximum atomic E-state index is 14.7. The first kappa shape index (κ1) is 17.5. The molecule has 1 heterocycles. The van der Waals surface area contributed by atoms with Gasteiger partial charge in [-0.05, 0) is 55.1 Å². The van der Waals surface area contributed by atoms with Crippen LogP contribution in [0.15, 0.2) is 42.5 Å². The molecule has 0 bridgehead atoms. The maximum absolute atomic E-state index is 14.7. The standard InChI is InChI=1S/C20H20F2N2O/c1-24(2)12-18(22)10-20(16-4-6-17(21)7-5-16)19-8-3-14(11-23)9-15(19)13-25-20/h3-9,18H,10,12-13H2,1-2H3/t18-,20-/m1/s1. The molecule has 0 saturated carbocycles. The number of ether oxygens (including phenoxy) is 1. The van der Waals surface area contributed by atoms with Gasteiger partial charge in [-0.3, -0.25) is 0 Å². The summed E-state index contributed by atoms with van der Waals surface area (Å²) in [5.74, 6) is -0.345. The van der Waals surface area contributed by atoms with E-state index in [0.717, 1.165) is 16.7 Å². The molecule has 1 aliphatic heterocycles. The highest BCUT2D eigenvalue weighted by Gasteiger charge is 2.43. The van der Waals surface area contributed by atoms with Crippen LogP contribution in [0.1, 0.15) is 28.7 Å². The molecule has 25 heavy (non-hydrogen) atoms. The Balaban J connectivity index is 2.06. The molecule has 0 aromatic heterocycles. The van der Waals surface area contributed by atoms with E-state index in [1.165, 1.54) is 12.1 Å². The minimum absolute atomic E-state index is 0.135. The quantitative estimate of drug-likeness (QED) is 0.830. The van der Waals surface area contributed by atoms with Gasteiger partial charge in [-0.1, -0.05) is 18.2 Å². The highest BCUT2D eigenvalue weighted by molar-refractivity contribution is 5.48. The summed E-state index contributed by atoms with van der Waals surface area (Å²) >= 11 is 0. The molecule has 3 nitrogen and oxygen atoms in total. The molecule has 2 aromatic rings. The summed E-state index contributed by atoms with van der Waals surface area (Å²) in [4.78, 5) is 1.79. The average molecular weight is 342 g/mol. The number of hydrogen-bond acceptors (Lipinski definition) is 3. The van der Waals surface area contributed by atoms with Crippen LogP contribution in [-0.4, -0.2) is 31.7 Å². The molecule has 2 atom stereocenters. The van der Waals surface area contributed by atoms with Crippen LogP contribution in [0.25, 0.3) is 0 Å². The molecule has 0 unspecified atom stereocenters. The Bertz CT molecular complexity index is 798. The molecule has 0 amide bonds. The third kappa shape index (κ3) is 3.41. The lowest BCUT2D eigenvalue weighted by Crippen LogP contribution is -2.34. The van der Waals surface area contributed by atoms with Crippen molar-refractivity contribution >= 4 is 0 Å². The first-order valence-corrected chi connectivity index (χ1v) is 8.17. The normalized spacial score (nSPS) is 20.3. The van der Waals surface area contributed by atoms with Gasteiger partial charge in [-0.25, -0.2) is 8.78 Å². The van der Waals surface area contributed by atoms with Crippen LogP contribution in [0.3, 0.4) is 0 Å². The molecule has 0 N–H and O–H groups in total. The first-order chi connectivity index (χ1) is 11.9. The number of benzene rings is 2. The number of nitrogens with zero attached hydrogens (tertiary/aromatic N) is 2. The third-order valence-electron chi connectivity index (χ3n) is 4.53. The van der Waals surface area contributed by atoms with Crippen molar-refractivity contribution in [3.8, 4) is 6.07 Å². The summed E-state index contributed by atoms with van der Waals surface area (Å²) in [5.41, 5.74) is 2.02. The summed E-state index contributed by atoms with van der Waals surface area (Å²) in [6, 6.07) is 13.4. The van der Waals surface area contributed by atoms with E-state index in [2.05, 4.69) is 6.07 Å². The second-order valence-electron chi connectivity index (χ2n) is 6.67. The van der Waals surface area contributed by atoms with Gasteiger partial charge in [-0.15, -0.1) is 0 Å². The van der Waals surface area contributed by atoms with Crippen molar-refractivity contribution in [2.24, 2.45) is 0 Å². The Morgan fingerprint density at radius 3 is 2.60 bits per heavy atom. The van der Waals surface area contributed by atoms with E-state index in [0.29, 0.717) is 12.2 Å². The van der Waals surface area contributed by atoms with E-state index in [4.69, 9.17) is 10.00 Å². The van der Waals surface area contributed by atoms with Gasteiger partial charge in [0.25, 0.3) is 0 Å². The van der Waals surface area contributed by atoms with E-state index >= 15 is 0 Å². The van der Waals surface area contributed by atoms with Crippen LogP contribution in [-0.2, 0) is 16.9 Å². The molecule has 0 fully saturated rings. The highest BCUT2D eigenvalue weighted by atomic mass is 19.1. The van der Waals surface area contributed by atoms with Crippen molar-refractivity contribution < 1.29 is 13.5 Å². The van der Waals surface area contributed by atoms with Crippen LogP contribution < -0.4 is 0 Å². The Kier molecular flexibility index (Phi) is 4.85. The lowest BCUT2D eigenvalue weighted by Gasteiger charge is -2.32. The molecule has 130 valence electrons. The molecule has 0 aliphatic carbocycles. The number of halogens is 2. The van der Waals surface area contributed by atoms with Crippen molar-refractivity contribution in [3.63, 3.8) is 0 Å². The molecular weight excluding hydrogens is 322 g/mol. The molecular formula is C20H20F2N2O. The predicted octanol–water partition coefficient (Wildman–Crippen LogP) is 3.76. The predicted molar refractivity (Wildman–Crippen MR) is 91.2 cm³/mol. The smallest absolute Gasteiger partial charge is 0.123 e. The van der Waals surface area contributed by atoms with Gasteiger partial charge in [0.1, 0.15) is 17.6 Å². The number of hydrogen-bond donors (Lipinski definition) is 0. The van der Waals surface area contributed by atoms with Crippen LogP contribution in [0.4, 0.5) is 8.78 Å². The van der Waals surface area contributed by atoms with Crippen molar-refractivity contribution in [1.82, 2.24) is 4.90 Å². The average Bonchev–Trinajstić information content (AvgIpc) is 2.93. The molecule has 2 aromatic carbocycles. The van der Waals surface area contributed by atoms with Crippen LogP contribution in [0.2, 0.25) is 0 Å². The van der Waals surface area contributed by atoms with E-state index in [1.807, 2.05) is 20.2 Å². The fraction of sp³-hybridized carbons (Fsp3) is 0.350. The van der Waals surface area contributed by atoms with Gasteiger partial charge in [0.15, 0.2) is 0 Å². The van der Waals surface area contributed by atoms with E-state index in [1.54, 1.807) is 29.2 Å². The van der Waals surface area contributed by atoms with Crippen LogP contribution in [0, 0.1) is 17.1 Å². The SMILES string of the molecule is CN(C)C[C@H](F)C[C@]1(c2ccc(F)cc2)OCc2cc(C#N)ccc21. The molecule has 5 heteroatoms. The number of rotatable bonds is 5. The van der Waals surface area contributed by atoms with Gasteiger partial charge < -0.3 is 9.64 Å². The van der Waals surface area contributed by atoms with Crippen molar-refractivity contribution in [2.75, 3.05) is 20.6 Å². The lowest BCUT2D eigenvalue weighted by atomic mass is 9.81. The summed E-state index contributed by atoms with van der Waals surface area (Å²) in [7, 11) is 3.64. The van der Waals surface area contributed by atoms with Gasteiger partial charge in [0.2, 0.25) is 0 Å². The van der Waals surface area contributed by atoms with Crippen molar-refractivity contribution in [1.29, 1.82) is 5.26 Å². The zero-order valence-corrected chi connectivity index (χ0v) is 14.3. The fourth-order valence-corrected chi connectivity index (χ4v) is 3.47. The lowest BCUT2D eigenvalue weighted by molar-refractivity contribution is -0.0294. The largest absolute Gasteiger partial charge is 0.361 e. The first-order valence-electron chi connectivity index (χ1n) is 8.17. The zero-order valence-electron chi connectivity index (χ0n) is 14.3. The third-order valence-corrected chi connectivity index (χ3v) is 4.53. The Morgan fingerprint density at radius 1 is 1.24 bits per heavy atom. The summed E-state index contributed by atoms with van der Waals surface area (Å²) in [6.45, 7) is 0.578. The van der Waals surface area contributed by atoms with Crippen LogP contribution in [0.5, 0.6) is 0 Å². The second-order valence-corrected chi connectivity index (χ2v) is 6.67. The topological polar surface area (TPSA) is 36.3 Å². The Morgan fingerprint density at radius 2 is 1.96 bits per heavy atom. The van der Waals surface area contributed by atoms with E-state index in [-0.39, 0.29) is 18.8 Å². The van der Waals surface area contributed by atoms with E-state index in [9.17, 15) is 8.78 Å². The van der Waals surface area contributed by atoms with Gasteiger partial charge in [0.05, 0.1) is 18.2 Å². The Labute approximate surface area is 146 Å². The molecule has 3 rings (SSSR count). The minimum Gasteiger partial charge on any atom is -0.361 e. The number of alkyl halides is 1. The summed E-state index contributed by atoms with van der Waals surface area (Å²) in [5, 5.41) is 9.09. The number of fused-ring (bicyclic) bond motifs is 1. The van der Waals surface area contributed by atoms with Crippen molar-refractivity contribution in [3.05, 3.63) is 70.5 Å². The molecule has 1 aliphatic rings. The van der Waals surface area contributed by atoms with Gasteiger partial charge >= 0.3 is 0 Å². The van der Waals surface area contributed by atoms with Gasteiger partial charge in [-0.2, -0.15) is 5.26 Å². The second kappa shape index (κ2) is 6.91. The maximum Gasteiger partial charge on any atom is 0.123 e. The zero-order chi connectivity index (χ0) is 18.0.